The maximum Gasteiger partial charge on any atom is 0.249 e. The van der Waals surface area contributed by atoms with Gasteiger partial charge >= 0.3 is 0 Å². The van der Waals surface area contributed by atoms with Crippen LogP contribution in [-0.2, 0) is 9.59 Å². The number of benzene rings is 2. The number of aromatic nitrogens is 4. The summed E-state index contributed by atoms with van der Waals surface area (Å²) in [6.07, 6.45) is 12.0. The molecule has 6 heterocycles. The normalized spacial score (nSPS) is 26.0. The number of piperazine rings is 1. The van der Waals surface area contributed by atoms with Gasteiger partial charge in [-0.1, -0.05) is 24.3 Å². The van der Waals surface area contributed by atoms with E-state index in [0.29, 0.717) is 47.8 Å². The van der Waals surface area contributed by atoms with Crippen LogP contribution >= 0.6 is 0 Å². The van der Waals surface area contributed by atoms with Crippen LogP contribution in [0, 0.1) is 0 Å². The summed E-state index contributed by atoms with van der Waals surface area (Å²) in [7, 11) is 1.96. The first-order chi connectivity index (χ1) is 27.3. The van der Waals surface area contributed by atoms with Crippen LogP contribution in [0.3, 0.4) is 0 Å². The number of amides is 2. The number of phenolic OH excluding ortho intramolecular Hbond substituents is 1. The van der Waals surface area contributed by atoms with Gasteiger partial charge in [0, 0.05) is 73.7 Å². The molecule has 2 aromatic carbocycles. The number of nitrogens with one attached hydrogen (secondary N) is 1. The SMILES string of the molecule is CN(c1cccc(C2CCC(N3CCC(c4ccnc(N5[C@@H]6CC[C@H]5CN(c5cc(-c7ccccc7O)nnc5N)C6)n4)CC3)CC2)c1)[C@H]1CCC(=O)NC1=O. The van der Waals surface area contributed by atoms with Crippen LogP contribution in [0.5, 0.6) is 5.75 Å². The van der Waals surface area contributed by atoms with Gasteiger partial charge in [-0.3, -0.25) is 14.9 Å². The van der Waals surface area contributed by atoms with Gasteiger partial charge in [-0.25, -0.2) is 9.97 Å². The molecule has 4 N–H and O–H groups in total. The van der Waals surface area contributed by atoms with Crippen molar-refractivity contribution in [1.82, 2.24) is 30.4 Å². The predicted octanol–water partition coefficient (Wildman–Crippen LogP) is 5.23. The van der Waals surface area contributed by atoms with E-state index in [0.717, 1.165) is 74.9 Å². The van der Waals surface area contributed by atoms with Crippen molar-refractivity contribution in [2.75, 3.05) is 53.7 Å². The maximum atomic E-state index is 12.5. The van der Waals surface area contributed by atoms with Crippen LogP contribution in [0.4, 0.5) is 23.1 Å². The van der Waals surface area contributed by atoms with Crippen LogP contribution in [0.1, 0.15) is 87.3 Å². The summed E-state index contributed by atoms with van der Waals surface area (Å²) in [6, 6.07) is 20.8. The van der Waals surface area contributed by atoms with Crippen LogP contribution < -0.4 is 25.8 Å². The molecule has 0 radical (unpaired) electrons. The van der Waals surface area contributed by atoms with Crippen LogP contribution in [0.2, 0.25) is 0 Å². The zero-order valence-corrected chi connectivity index (χ0v) is 32.1. The number of carbonyl (C=O) groups excluding carboxylic acids is 2. The van der Waals surface area contributed by atoms with E-state index in [2.05, 4.69) is 60.5 Å². The number of nitrogens with zero attached hydrogens (tertiary/aromatic N) is 8. The van der Waals surface area contributed by atoms with Crippen molar-refractivity contribution in [1.29, 1.82) is 0 Å². The molecule has 1 saturated carbocycles. The van der Waals surface area contributed by atoms with E-state index < -0.39 is 0 Å². The summed E-state index contributed by atoms with van der Waals surface area (Å²) in [4.78, 5) is 43.8. The van der Waals surface area contributed by atoms with Crippen molar-refractivity contribution in [3.63, 3.8) is 0 Å². The van der Waals surface area contributed by atoms with E-state index in [-0.39, 0.29) is 35.7 Å². The molecule has 2 bridgehead atoms. The average Bonchev–Trinajstić information content (AvgIpc) is 3.50. The minimum atomic E-state index is -0.314. The van der Waals surface area contributed by atoms with Gasteiger partial charge in [0.1, 0.15) is 11.8 Å². The molecule has 2 amide bonds. The Bertz CT molecular complexity index is 2070. The first-order valence-electron chi connectivity index (χ1n) is 20.5. The Morgan fingerprint density at radius 1 is 0.821 bits per heavy atom. The highest BCUT2D eigenvalue weighted by atomic mass is 16.3. The van der Waals surface area contributed by atoms with Crippen molar-refractivity contribution in [3.8, 4) is 17.0 Å². The quantitative estimate of drug-likeness (QED) is 0.202. The van der Waals surface area contributed by atoms with Crippen LogP contribution in [-0.4, -0.2) is 99.4 Å². The number of anilines is 4. The fraction of sp³-hybridized carbons (Fsp3) is 0.488. The Hall–Kier alpha value is -5.30. The highest BCUT2D eigenvalue weighted by Gasteiger charge is 2.42. The smallest absolute Gasteiger partial charge is 0.249 e. The zero-order valence-electron chi connectivity index (χ0n) is 32.1. The Balaban J connectivity index is 0.792. The first-order valence-corrected chi connectivity index (χ1v) is 20.5. The molecule has 0 spiro atoms. The van der Waals surface area contributed by atoms with Crippen LogP contribution in [0.15, 0.2) is 66.9 Å². The number of piperidine rings is 2. The standard InChI is InChI=1S/C43H52N10O3/c1-50(37-15-16-40(55)47-42(37)56)31-6-4-5-29(23-31)27-9-11-30(12-10-27)51-21-18-28(19-22-51)35-17-20-45-43(46-35)53-32-13-14-33(53)26-52(25-32)38-24-36(48-49-41(38)44)34-7-2-3-8-39(34)54/h2-8,17,20,23-24,27-28,30,32-33,37,54H,9-16,18-19,21-22,25-26H2,1H3,(H2,44,49)(H,47,55,56)/t27?,30?,32-,33+,37-/m0/s1. The Labute approximate surface area is 328 Å². The molecule has 5 fully saturated rings. The highest BCUT2D eigenvalue weighted by Crippen LogP contribution is 2.41. The number of hydrogen-bond donors (Lipinski definition) is 3. The first kappa shape index (κ1) is 36.3. The summed E-state index contributed by atoms with van der Waals surface area (Å²) < 4.78 is 0. The van der Waals surface area contributed by atoms with Gasteiger partial charge in [-0.05, 0) is 119 Å². The molecule has 9 rings (SSSR count). The van der Waals surface area contributed by atoms with Gasteiger partial charge in [0.2, 0.25) is 17.8 Å². The molecule has 1 aliphatic carbocycles. The van der Waals surface area contributed by atoms with Crippen molar-refractivity contribution >= 4 is 35.0 Å². The molecule has 292 valence electrons. The maximum absolute atomic E-state index is 12.5. The Kier molecular flexibility index (Phi) is 9.95. The number of likely N-dealkylation sites (tertiary alicyclic amines) is 1. The molecule has 13 heteroatoms. The largest absolute Gasteiger partial charge is 0.507 e. The second kappa shape index (κ2) is 15.3. The minimum Gasteiger partial charge on any atom is -0.507 e. The lowest BCUT2D eigenvalue weighted by atomic mass is 9.80. The van der Waals surface area contributed by atoms with Crippen LogP contribution in [0.25, 0.3) is 11.3 Å². The fourth-order valence-corrected chi connectivity index (χ4v) is 10.2. The van der Waals surface area contributed by atoms with E-state index in [4.69, 9.17) is 15.7 Å². The number of aromatic hydroxyl groups is 1. The number of nitrogen functional groups attached to an aromatic ring is 1. The average molecular weight is 757 g/mol. The number of rotatable bonds is 8. The van der Waals surface area contributed by atoms with Gasteiger partial charge in [0.05, 0.1) is 11.4 Å². The molecular formula is C43H52N10O3. The third-order valence-corrected chi connectivity index (χ3v) is 13.3. The van der Waals surface area contributed by atoms with E-state index in [9.17, 15) is 14.7 Å². The highest BCUT2D eigenvalue weighted by molar-refractivity contribution is 6.01. The van der Waals surface area contributed by atoms with Crippen molar-refractivity contribution in [3.05, 3.63) is 78.1 Å². The summed E-state index contributed by atoms with van der Waals surface area (Å²) in [6.45, 7) is 3.79. The number of nitrogens with two attached hydrogens (primary N) is 1. The third kappa shape index (κ3) is 7.13. The molecule has 3 atom stereocenters. The molecule has 4 aliphatic heterocycles. The van der Waals surface area contributed by atoms with E-state index in [1.165, 1.54) is 31.2 Å². The predicted molar refractivity (Wildman–Crippen MR) is 217 cm³/mol. The summed E-state index contributed by atoms with van der Waals surface area (Å²) in [5, 5.41) is 21.5. The lowest BCUT2D eigenvalue weighted by Crippen LogP contribution is -2.54. The van der Waals surface area contributed by atoms with Gasteiger partial charge in [-0.15, -0.1) is 10.2 Å². The number of imide groups is 1. The summed E-state index contributed by atoms with van der Waals surface area (Å²) in [5.41, 5.74) is 12.0. The fourth-order valence-electron chi connectivity index (χ4n) is 10.2. The number of carbonyl (C=O) groups is 2. The minimum absolute atomic E-state index is 0.172. The molecular weight excluding hydrogens is 705 g/mol. The molecule has 5 aliphatic rings. The monoisotopic (exact) mass is 756 g/mol. The topological polar surface area (TPSA) is 157 Å². The van der Waals surface area contributed by atoms with E-state index in [1.54, 1.807) is 12.1 Å². The lowest BCUT2D eigenvalue weighted by Gasteiger charge is -2.42. The van der Waals surface area contributed by atoms with E-state index >= 15 is 0 Å². The summed E-state index contributed by atoms with van der Waals surface area (Å²) >= 11 is 0. The molecule has 56 heavy (non-hydrogen) atoms. The van der Waals surface area contributed by atoms with E-state index in [1.807, 2.05) is 36.3 Å². The number of fused-ring (bicyclic) bond motifs is 2. The lowest BCUT2D eigenvalue weighted by molar-refractivity contribution is -0.134. The van der Waals surface area contributed by atoms with Gasteiger partial charge in [-0.2, -0.15) is 0 Å². The molecule has 13 nitrogen and oxygen atoms in total. The second-order valence-corrected chi connectivity index (χ2v) is 16.5. The molecule has 2 aromatic heterocycles. The van der Waals surface area contributed by atoms with Crippen molar-refractivity contribution in [2.45, 2.75) is 100 Å². The van der Waals surface area contributed by atoms with Crippen molar-refractivity contribution < 1.29 is 14.7 Å². The Morgan fingerprint density at radius 3 is 2.32 bits per heavy atom. The molecule has 0 unspecified atom stereocenters. The number of para-hydroxylation sites is 1. The van der Waals surface area contributed by atoms with Gasteiger partial charge in [0.15, 0.2) is 5.82 Å². The Morgan fingerprint density at radius 2 is 1.57 bits per heavy atom. The third-order valence-electron chi connectivity index (χ3n) is 13.3. The second-order valence-electron chi connectivity index (χ2n) is 16.5. The van der Waals surface area contributed by atoms with Crippen molar-refractivity contribution in [2.24, 2.45) is 0 Å². The van der Waals surface area contributed by atoms with Gasteiger partial charge < -0.3 is 30.4 Å². The number of phenols is 1. The number of likely N-dealkylation sites (N-methyl/N-ethyl adjacent to an activating group) is 1. The molecule has 4 aromatic rings. The zero-order chi connectivity index (χ0) is 38.3. The number of hydrogen-bond acceptors (Lipinski definition) is 12. The van der Waals surface area contributed by atoms with Gasteiger partial charge in [0.25, 0.3) is 0 Å². The molecule has 4 saturated heterocycles. The summed E-state index contributed by atoms with van der Waals surface area (Å²) in [5.74, 6) is 1.99.